The Morgan fingerprint density at radius 1 is 1.13 bits per heavy atom. The average Bonchev–Trinajstić information content (AvgIpc) is 3.00. The summed E-state index contributed by atoms with van der Waals surface area (Å²) in [6, 6.07) is 14.5. The van der Waals surface area contributed by atoms with Crippen molar-refractivity contribution < 1.29 is 14.3 Å². The van der Waals surface area contributed by atoms with Crippen molar-refractivity contribution in [3.8, 4) is 5.75 Å². The number of benzene rings is 2. The molecule has 4 rings (SSSR count). The Hall–Kier alpha value is -3.74. The number of carbonyl (C=O) groups excluding carboxylic acids is 2. The van der Waals surface area contributed by atoms with Crippen LogP contribution < -0.4 is 9.75 Å². The lowest BCUT2D eigenvalue weighted by Crippen LogP contribution is -2.58. The van der Waals surface area contributed by atoms with Crippen molar-refractivity contribution in [1.82, 2.24) is 5.01 Å². The van der Waals surface area contributed by atoms with Gasteiger partial charge in [-0.25, -0.2) is 5.01 Å². The molecule has 0 aliphatic carbocycles. The molecule has 0 fully saturated rings. The fraction of sp³-hybridized carbons (Fsp3) is 0.217. The monoisotopic (exact) mass is 402 g/mol. The van der Waals surface area contributed by atoms with Crippen molar-refractivity contribution in [2.45, 2.75) is 26.3 Å². The van der Waals surface area contributed by atoms with E-state index >= 15 is 0 Å². The quantitative estimate of drug-likeness (QED) is 0.738. The van der Waals surface area contributed by atoms with Gasteiger partial charge in [-0.2, -0.15) is 15.2 Å². The van der Waals surface area contributed by atoms with Crippen LogP contribution >= 0.6 is 0 Å². The van der Waals surface area contributed by atoms with E-state index in [2.05, 4.69) is 10.2 Å². The largest absolute Gasteiger partial charge is 0.497 e. The van der Waals surface area contributed by atoms with Crippen molar-refractivity contribution in [1.29, 1.82) is 0 Å². The maximum absolute atomic E-state index is 13.9. The van der Waals surface area contributed by atoms with E-state index in [4.69, 9.17) is 4.74 Å². The summed E-state index contributed by atoms with van der Waals surface area (Å²) < 4.78 is 5.40. The lowest BCUT2D eigenvalue weighted by atomic mass is 9.80. The minimum absolute atomic E-state index is 0.368. The topological polar surface area (TPSA) is 74.6 Å². The standard InChI is InChI=1S/C23H22N4O3/c1-15(2)12-21(28)27-23(20-13-19(30-4)11-10-17(20)14-24-27)16(3)25-26(22(23)29)18-8-6-5-7-9-18/h5-14H,1-4H3. The maximum Gasteiger partial charge on any atom is 0.286 e. The minimum atomic E-state index is -1.49. The van der Waals surface area contributed by atoms with Gasteiger partial charge in [-0.3, -0.25) is 9.59 Å². The molecule has 1 spiro atoms. The van der Waals surface area contributed by atoms with E-state index in [0.29, 0.717) is 22.7 Å². The van der Waals surface area contributed by atoms with Crippen molar-refractivity contribution in [2.24, 2.45) is 10.2 Å². The van der Waals surface area contributed by atoms with Crippen molar-refractivity contribution in [2.75, 3.05) is 12.1 Å². The number of ether oxygens (including phenoxy) is 1. The first-order chi connectivity index (χ1) is 14.4. The Balaban J connectivity index is 1.96. The van der Waals surface area contributed by atoms with Gasteiger partial charge in [0.25, 0.3) is 11.8 Å². The summed E-state index contributed by atoms with van der Waals surface area (Å²) >= 11 is 0. The molecular formula is C23H22N4O3. The highest BCUT2D eigenvalue weighted by molar-refractivity contribution is 6.25. The van der Waals surface area contributed by atoms with E-state index in [9.17, 15) is 9.59 Å². The zero-order valence-corrected chi connectivity index (χ0v) is 17.3. The molecule has 2 aromatic rings. The number of nitrogens with zero attached hydrogens (tertiary/aromatic N) is 4. The fourth-order valence-electron chi connectivity index (χ4n) is 3.81. The number of hydrazone groups is 2. The van der Waals surface area contributed by atoms with E-state index in [1.54, 1.807) is 44.5 Å². The van der Waals surface area contributed by atoms with Gasteiger partial charge in [0.1, 0.15) is 5.75 Å². The predicted octanol–water partition coefficient (Wildman–Crippen LogP) is 3.46. The summed E-state index contributed by atoms with van der Waals surface area (Å²) in [6.45, 7) is 5.39. The van der Waals surface area contributed by atoms with Crippen LogP contribution in [-0.4, -0.2) is 35.9 Å². The van der Waals surface area contributed by atoms with E-state index in [1.165, 1.54) is 16.1 Å². The van der Waals surface area contributed by atoms with E-state index < -0.39 is 11.4 Å². The Morgan fingerprint density at radius 3 is 2.53 bits per heavy atom. The van der Waals surface area contributed by atoms with Crippen molar-refractivity contribution in [3.63, 3.8) is 0 Å². The van der Waals surface area contributed by atoms with Crippen molar-refractivity contribution in [3.05, 3.63) is 71.3 Å². The Bertz CT molecular complexity index is 1120. The molecule has 0 bridgehead atoms. The van der Waals surface area contributed by atoms with Crippen LogP contribution in [0.3, 0.4) is 0 Å². The summed E-state index contributed by atoms with van der Waals surface area (Å²) in [5.41, 5.74) is 1.73. The molecule has 30 heavy (non-hydrogen) atoms. The van der Waals surface area contributed by atoms with Gasteiger partial charge in [-0.15, -0.1) is 0 Å². The fourth-order valence-corrected chi connectivity index (χ4v) is 3.81. The second kappa shape index (κ2) is 7.26. The van der Waals surface area contributed by atoms with Gasteiger partial charge in [-0.1, -0.05) is 23.8 Å². The first-order valence-electron chi connectivity index (χ1n) is 9.56. The van der Waals surface area contributed by atoms with E-state index in [-0.39, 0.29) is 5.91 Å². The summed E-state index contributed by atoms with van der Waals surface area (Å²) in [6.07, 6.45) is 3.05. The highest BCUT2D eigenvalue weighted by Gasteiger charge is 2.59. The maximum atomic E-state index is 13.9. The van der Waals surface area contributed by atoms with Crippen LogP contribution in [0.25, 0.3) is 0 Å². The van der Waals surface area contributed by atoms with Crippen LogP contribution in [0, 0.1) is 0 Å². The lowest BCUT2D eigenvalue weighted by molar-refractivity contribution is -0.139. The molecule has 2 heterocycles. The molecule has 2 amide bonds. The molecule has 7 nitrogen and oxygen atoms in total. The molecule has 152 valence electrons. The van der Waals surface area contributed by atoms with Crippen LogP contribution in [-0.2, 0) is 15.1 Å². The zero-order valence-electron chi connectivity index (χ0n) is 17.3. The number of para-hydroxylation sites is 1. The molecule has 0 saturated heterocycles. The second-order valence-corrected chi connectivity index (χ2v) is 7.42. The smallest absolute Gasteiger partial charge is 0.286 e. The zero-order chi connectivity index (χ0) is 21.5. The molecule has 2 aliphatic heterocycles. The third-order valence-corrected chi connectivity index (χ3v) is 5.18. The lowest BCUT2D eigenvalue weighted by Gasteiger charge is -2.39. The SMILES string of the molecule is COc1ccc2c(c1)C1(C(=O)N(c3ccccc3)N=C1C)N(C(=O)C=C(C)C)N=C2. The highest BCUT2D eigenvalue weighted by Crippen LogP contribution is 2.43. The van der Waals surface area contributed by atoms with Gasteiger partial charge in [-0.05, 0) is 51.1 Å². The molecule has 0 radical (unpaired) electrons. The number of methoxy groups -OCH3 is 1. The van der Waals surface area contributed by atoms with E-state index in [1.807, 2.05) is 38.1 Å². The predicted molar refractivity (Wildman–Crippen MR) is 116 cm³/mol. The molecule has 7 heteroatoms. The molecular weight excluding hydrogens is 380 g/mol. The van der Waals surface area contributed by atoms with Gasteiger partial charge in [0.15, 0.2) is 0 Å². The van der Waals surface area contributed by atoms with Gasteiger partial charge < -0.3 is 4.74 Å². The van der Waals surface area contributed by atoms with Crippen LogP contribution in [0.1, 0.15) is 31.9 Å². The Kier molecular flexibility index (Phi) is 4.73. The van der Waals surface area contributed by atoms with E-state index in [0.717, 1.165) is 11.1 Å². The molecule has 1 unspecified atom stereocenters. The number of hydrogen-bond donors (Lipinski definition) is 0. The minimum Gasteiger partial charge on any atom is -0.497 e. The van der Waals surface area contributed by atoms with Crippen LogP contribution in [0.4, 0.5) is 5.69 Å². The number of amides is 2. The Morgan fingerprint density at radius 2 is 1.87 bits per heavy atom. The van der Waals surface area contributed by atoms with Gasteiger partial charge in [0.05, 0.1) is 24.7 Å². The third-order valence-electron chi connectivity index (χ3n) is 5.18. The number of anilines is 1. The molecule has 0 N–H and O–H groups in total. The molecule has 0 aromatic heterocycles. The normalized spacial score (nSPS) is 19.6. The summed E-state index contributed by atoms with van der Waals surface area (Å²) in [5.74, 6) is -0.178. The highest BCUT2D eigenvalue weighted by atomic mass is 16.5. The van der Waals surface area contributed by atoms with Gasteiger partial charge in [0.2, 0.25) is 5.54 Å². The first-order valence-corrected chi connectivity index (χ1v) is 9.56. The molecule has 2 aromatic carbocycles. The summed E-state index contributed by atoms with van der Waals surface area (Å²) in [4.78, 5) is 27.1. The number of fused-ring (bicyclic) bond motifs is 2. The number of carbonyl (C=O) groups is 2. The number of allylic oxidation sites excluding steroid dienone is 1. The molecule has 2 aliphatic rings. The first kappa shape index (κ1) is 19.6. The molecule has 0 saturated carbocycles. The third kappa shape index (κ3) is 2.82. The number of rotatable bonds is 3. The number of hydrogen-bond acceptors (Lipinski definition) is 5. The average molecular weight is 402 g/mol. The summed E-state index contributed by atoms with van der Waals surface area (Å²) in [5, 5.41) is 11.5. The van der Waals surface area contributed by atoms with Gasteiger partial charge in [0, 0.05) is 17.2 Å². The Labute approximate surface area is 174 Å². The second-order valence-electron chi connectivity index (χ2n) is 7.42. The van der Waals surface area contributed by atoms with Crippen LogP contribution in [0.15, 0.2) is 70.4 Å². The van der Waals surface area contributed by atoms with Crippen molar-refractivity contribution >= 4 is 29.4 Å². The summed E-state index contributed by atoms with van der Waals surface area (Å²) in [7, 11) is 1.56. The van der Waals surface area contributed by atoms with Gasteiger partial charge >= 0.3 is 0 Å². The van der Waals surface area contributed by atoms with Crippen LogP contribution in [0.2, 0.25) is 0 Å². The molecule has 1 atom stereocenters. The van der Waals surface area contributed by atoms with Crippen LogP contribution in [0.5, 0.6) is 5.75 Å².